The molecule has 0 bridgehead atoms. The maximum Gasteiger partial charge on any atom is 0.246 e. The van der Waals surface area contributed by atoms with E-state index in [0.717, 1.165) is 13.0 Å². The summed E-state index contributed by atoms with van der Waals surface area (Å²) in [5, 5.41) is 9.98. The first-order valence-corrected chi connectivity index (χ1v) is 6.93. The Labute approximate surface area is 120 Å². The topological polar surface area (TPSA) is 84.6 Å². The van der Waals surface area contributed by atoms with Crippen molar-refractivity contribution < 1.29 is 9.26 Å². The lowest BCUT2D eigenvalue weighted by molar-refractivity contribution is 0.128. The first-order valence-electron chi connectivity index (χ1n) is 6.93. The Balaban J connectivity index is 2.11. The molecule has 0 aromatic carbocycles. The highest BCUT2D eigenvalue weighted by Gasteiger charge is 2.03. The number of aryl methyl sites for hydroxylation is 1. The van der Waals surface area contributed by atoms with Crippen LogP contribution in [0.25, 0.3) is 0 Å². The number of ether oxygens (including phenoxy) is 1. The third-order valence-electron chi connectivity index (χ3n) is 2.58. The largest absolute Gasteiger partial charge is 0.380 e. The number of hydrogen-bond acceptors (Lipinski definition) is 5. The summed E-state index contributed by atoms with van der Waals surface area (Å²) >= 11 is 0. The SMILES string of the molecule is CN=C(NCCOCCC(C)C)NCc1nc(C)no1. The predicted octanol–water partition coefficient (Wildman–Crippen LogP) is 1.11. The molecule has 114 valence electrons. The Kier molecular flexibility index (Phi) is 7.64. The molecule has 7 nitrogen and oxygen atoms in total. The molecule has 0 saturated heterocycles. The van der Waals surface area contributed by atoms with Gasteiger partial charge in [-0.3, -0.25) is 4.99 Å². The van der Waals surface area contributed by atoms with Crippen LogP contribution in [0.4, 0.5) is 0 Å². The van der Waals surface area contributed by atoms with Crippen LogP contribution in [-0.2, 0) is 11.3 Å². The molecule has 7 heteroatoms. The van der Waals surface area contributed by atoms with Gasteiger partial charge in [0.15, 0.2) is 11.8 Å². The molecule has 0 fully saturated rings. The normalized spacial score (nSPS) is 11.9. The first-order chi connectivity index (χ1) is 9.61. The summed E-state index contributed by atoms with van der Waals surface area (Å²) in [7, 11) is 1.72. The summed E-state index contributed by atoms with van der Waals surface area (Å²) in [5.41, 5.74) is 0. The Morgan fingerprint density at radius 2 is 2.15 bits per heavy atom. The van der Waals surface area contributed by atoms with E-state index < -0.39 is 0 Å². The van der Waals surface area contributed by atoms with Gasteiger partial charge in [-0.25, -0.2) is 0 Å². The molecule has 1 rings (SSSR count). The zero-order valence-electron chi connectivity index (χ0n) is 12.8. The fourth-order valence-electron chi connectivity index (χ4n) is 1.45. The fourth-order valence-corrected chi connectivity index (χ4v) is 1.45. The van der Waals surface area contributed by atoms with Gasteiger partial charge in [-0.1, -0.05) is 19.0 Å². The van der Waals surface area contributed by atoms with Gasteiger partial charge in [-0.15, -0.1) is 0 Å². The van der Waals surface area contributed by atoms with E-state index in [2.05, 4.69) is 39.6 Å². The Morgan fingerprint density at radius 3 is 2.75 bits per heavy atom. The standard InChI is InChI=1S/C13H25N5O2/c1-10(2)5-7-19-8-6-15-13(14-4)16-9-12-17-11(3)18-20-12/h10H,5-9H2,1-4H3,(H2,14,15,16). The molecule has 0 amide bonds. The number of rotatable bonds is 8. The van der Waals surface area contributed by atoms with Crippen molar-refractivity contribution in [2.24, 2.45) is 10.9 Å². The van der Waals surface area contributed by atoms with Gasteiger partial charge in [-0.2, -0.15) is 4.98 Å². The average molecular weight is 283 g/mol. The smallest absolute Gasteiger partial charge is 0.246 e. The van der Waals surface area contributed by atoms with E-state index in [9.17, 15) is 0 Å². The van der Waals surface area contributed by atoms with Gasteiger partial charge in [-0.05, 0) is 19.3 Å². The number of nitrogens with one attached hydrogen (secondary N) is 2. The summed E-state index contributed by atoms with van der Waals surface area (Å²) in [6.45, 7) is 8.78. The van der Waals surface area contributed by atoms with E-state index in [-0.39, 0.29) is 0 Å². The van der Waals surface area contributed by atoms with Gasteiger partial charge >= 0.3 is 0 Å². The molecule has 0 atom stereocenters. The molecular formula is C13H25N5O2. The Hall–Kier alpha value is -1.63. The molecule has 20 heavy (non-hydrogen) atoms. The van der Waals surface area contributed by atoms with Crippen LogP contribution in [0.15, 0.2) is 9.52 Å². The van der Waals surface area contributed by atoms with Crippen LogP contribution in [0, 0.1) is 12.8 Å². The summed E-state index contributed by atoms with van der Waals surface area (Å²) < 4.78 is 10.5. The third kappa shape index (κ3) is 7.08. The van der Waals surface area contributed by atoms with Crippen molar-refractivity contribution in [2.75, 3.05) is 26.8 Å². The molecule has 0 aliphatic heterocycles. The maximum atomic E-state index is 5.52. The molecule has 1 aromatic heterocycles. The minimum absolute atomic E-state index is 0.453. The van der Waals surface area contributed by atoms with Gasteiger partial charge < -0.3 is 19.9 Å². The van der Waals surface area contributed by atoms with Crippen LogP contribution in [0.2, 0.25) is 0 Å². The number of nitrogens with zero attached hydrogens (tertiary/aromatic N) is 3. The lowest BCUT2D eigenvalue weighted by Crippen LogP contribution is -2.38. The molecule has 0 aliphatic rings. The van der Waals surface area contributed by atoms with Gasteiger partial charge in [0.25, 0.3) is 0 Å². The molecule has 0 spiro atoms. The van der Waals surface area contributed by atoms with Crippen molar-refractivity contribution >= 4 is 5.96 Å². The van der Waals surface area contributed by atoms with Gasteiger partial charge in [0.1, 0.15) is 0 Å². The maximum absolute atomic E-state index is 5.52. The molecule has 0 radical (unpaired) electrons. The highest BCUT2D eigenvalue weighted by molar-refractivity contribution is 5.79. The van der Waals surface area contributed by atoms with Gasteiger partial charge in [0.2, 0.25) is 5.89 Å². The van der Waals surface area contributed by atoms with Crippen molar-refractivity contribution in [1.29, 1.82) is 0 Å². The predicted molar refractivity (Wildman–Crippen MR) is 77.5 cm³/mol. The van der Waals surface area contributed by atoms with E-state index in [0.29, 0.717) is 43.3 Å². The summed E-state index contributed by atoms with van der Waals surface area (Å²) in [5.74, 6) is 2.53. The van der Waals surface area contributed by atoms with Crippen molar-refractivity contribution in [3.05, 3.63) is 11.7 Å². The fraction of sp³-hybridized carbons (Fsp3) is 0.769. The minimum Gasteiger partial charge on any atom is -0.380 e. The zero-order valence-corrected chi connectivity index (χ0v) is 12.8. The monoisotopic (exact) mass is 283 g/mol. The van der Waals surface area contributed by atoms with E-state index in [1.54, 1.807) is 14.0 Å². The molecule has 1 heterocycles. The third-order valence-corrected chi connectivity index (χ3v) is 2.58. The molecule has 2 N–H and O–H groups in total. The lowest BCUT2D eigenvalue weighted by atomic mass is 10.1. The molecule has 1 aromatic rings. The highest BCUT2D eigenvalue weighted by Crippen LogP contribution is 1.98. The van der Waals surface area contributed by atoms with E-state index >= 15 is 0 Å². The summed E-state index contributed by atoms with van der Waals surface area (Å²) in [6.07, 6.45) is 1.09. The Morgan fingerprint density at radius 1 is 1.35 bits per heavy atom. The van der Waals surface area contributed by atoms with E-state index in [4.69, 9.17) is 9.26 Å². The van der Waals surface area contributed by atoms with Crippen LogP contribution in [0.1, 0.15) is 32.0 Å². The van der Waals surface area contributed by atoms with Crippen LogP contribution < -0.4 is 10.6 Å². The van der Waals surface area contributed by atoms with Gasteiger partial charge in [0.05, 0.1) is 13.2 Å². The second kappa shape index (κ2) is 9.30. The van der Waals surface area contributed by atoms with Crippen molar-refractivity contribution in [3.63, 3.8) is 0 Å². The van der Waals surface area contributed by atoms with Crippen molar-refractivity contribution in [3.8, 4) is 0 Å². The van der Waals surface area contributed by atoms with Crippen molar-refractivity contribution in [2.45, 2.75) is 33.7 Å². The quantitative estimate of drug-likeness (QED) is 0.422. The first kappa shape index (κ1) is 16.4. The van der Waals surface area contributed by atoms with E-state index in [1.807, 2.05) is 0 Å². The number of hydrogen-bond donors (Lipinski definition) is 2. The number of aromatic nitrogens is 2. The Bertz CT molecular complexity index is 403. The minimum atomic E-state index is 0.453. The van der Waals surface area contributed by atoms with Crippen LogP contribution in [0.3, 0.4) is 0 Å². The number of guanidine groups is 1. The van der Waals surface area contributed by atoms with Gasteiger partial charge in [0, 0.05) is 20.2 Å². The van der Waals surface area contributed by atoms with Crippen LogP contribution in [-0.4, -0.2) is 42.9 Å². The van der Waals surface area contributed by atoms with Crippen LogP contribution in [0.5, 0.6) is 0 Å². The molecule has 0 unspecified atom stereocenters. The molecule has 0 aliphatic carbocycles. The van der Waals surface area contributed by atoms with Crippen molar-refractivity contribution in [1.82, 2.24) is 20.8 Å². The molecule has 0 saturated carbocycles. The highest BCUT2D eigenvalue weighted by atomic mass is 16.5. The average Bonchev–Trinajstić information content (AvgIpc) is 2.82. The lowest BCUT2D eigenvalue weighted by Gasteiger charge is -2.11. The van der Waals surface area contributed by atoms with Crippen LogP contribution >= 0.6 is 0 Å². The summed E-state index contributed by atoms with van der Waals surface area (Å²) in [6, 6.07) is 0. The second-order valence-corrected chi connectivity index (χ2v) is 4.88. The molecular weight excluding hydrogens is 258 g/mol. The zero-order chi connectivity index (χ0) is 14.8. The second-order valence-electron chi connectivity index (χ2n) is 4.88. The summed E-state index contributed by atoms with van der Waals surface area (Å²) in [4.78, 5) is 8.21. The number of aliphatic imine (C=N–C) groups is 1. The van der Waals surface area contributed by atoms with E-state index in [1.165, 1.54) is 0 Å².